The van der Waals surface area contributed by atoms with E-state index < -0.39 is 0 Å². The molecule has 0 bridgehead atoms. The summed E-state index contributed by atoms with van der Waals surface area (Å²) in [5.74, 6) is -0.226. The Kier molecular flexibility index (Phi) is 7.08. The summed E-state index contributed by atoms with van der Waals surface area (Å²) in [4.78, 5) is 30.3. The number of nitrogens with one attached hydrogen (secondary N) is 1. The highest BCUT2D eigenvalue weighted by Gasteiger charge is 2.21. The topological polar surface area (TPSA) is 65.1 Å². The molecule has 2 aliphatic heterocycles. The highest BCUT2D eigenvalue weighted by molar-refractivity contribution is 5.96. The van der Waals surface area contributed by atoms with E-state index in [0.29, 0.717) is 6.54 Å². The molecule has 0 aromatic heterocycles. The number of carbonyl (C=O) groups is 2. The molecule has 2 saturated heterocycles. The molecule has 0 unspecified atom stereocenters. The Hall–Kier alpha value is -1.18. The van der Waals surface area contributed by atoms with E-state index in [2.05, 4.69) is 22.0 Å². The number of hydrogen-bond donors (Lipinski definition) is 1. The standard InChI is InChI=1S/C15H28N4O3/c1-2-17-5-7-19(8-6-17)15(21)13-14(20)16-3-4-18-9-11-22-12-10-18/h2-13H2,1H3,(H,16,20). The van der Waals surface area contributed by atoms with Crippen LogP contribution in [-0.2, 0) is 14.3 Å². The first-order chi connectivity index (χ1) is 10.7. The van der Waals surface area contributed by atoms with Gasteiger partial charge in [-0.15, -0.1) is 0 Å². The Labute approximate surface area is 132 Å². The smallest absolute Gasteiger partial charge is 0.232 e. The van der Waals surface area contributed by atoms with Gasteiger partial charge in [0.2, 0.25) is 11.8 Å². The summed E-state index contributed by atoms with van der Waals surface area (Å²) in [7, 11) is 0. The number of piperazine rings is 1. The Bertz CT molecular complexity index is 364. The molecule has 0 aliphatic carbocycles. The lowest BCUT2D eigenvalue weighted by molar-refractivity contribution is -0.137. The van der Waals surface area contributed by atoms with Gasteiger partial charge in [0.05, 0.1) is 13.2 Å². The van der Waals surface area contributed by atoms with Crippen LogP contribution in [0.1, 0.15) is 13.3 Å². The lowest BCUT2D eigenvalue weighted by Gasteiger charge is -2.34. The Balaban J connectivity index is 1.59. The molecule has 126 valence electrons. The van der Waals surface area contributed by atoms with Crippen molar-refractivity contribution in [1.82, 2.24) is 20.0 Å². The Morgan fingerprint density at radius 3 is 2.32 bits per heavy atom. The van der Waals surface area contributed by atoms with Crippen molar-refractivity contribution in [3.63, 3.8) is 0 Å². The molecule has 0 aromatic carbocycles. The third kappa shape index (κ3) is 5.55. The summed E-state index contributed by atoms with van der Waals surface area (Å²) in [6, 6.07) is 0. The van der Waals surface area contributed by atoms with E-state index in [4.69, 9.17) is 4.74 Å². The van der Waals surface area contributed by atoms with Crippen LogP contribution in [-0.4, -0.2) is 98.6 Å². The Morgan fingerprint density at radius 1 is 1.00 bits per heavy atom. The van der Waals surface area contributed by atoms with Gasteiger partial charge in [0.25, 0.3) is 0 Å². The van der Waals surface area contributed by atoms with Crippen molar-refractivity contribution in [2.75, 3.05) is 72.1 Å². The summed E-state index contributed by atoms with van der Waals surface area (Å²) < 4.78 is 5.28. The van der Waals surface area contributed by atoms with Gasteiger partial charge in [-0.3, -0.25) is 14.5 Å². The molecule has 2 fully saturated rings. The van der Waals surface area contributed by atoms with E-state index in [1.165, 1.54) is 0 Å². The van der Waals surface area contributed by atoms with E-state index in [-0.39, 0.29) is 18.2 Å². The highest BCUT2D eigenvalue weighted by Crippen LogP contribution is 2.03. The van der Waals surface area contributed by atoms with E-state index in [9.17, 15) is 9.59 Å². The van der Waals surface area contributed by atoms with Gasteiger partial charge in [-0.1, -0.05) is 6.92 Å². The van der Waals surface area contributed by atoms with Crippen LogP contribution in [0.3, 0.4) is 0 Å². The maximum absolute atomic E-state index is 12.1. The van der Waals surface area contributed by atoms with Crippen LogP contribution in [0.25, 0.3) is 0 Å². The predicted octanol–water partition coefficient (Wildman–Crippen LogP) is -1.01. The van der Waals surface area contributed by atoms with Crippen molar-refractivity contribution in [3.05, 3.63) is 0 Å². The summed E-state index contributed by atoms with van der Waals surface area (Å²) in [5.41, 5.74) is 0. The van der Waals surface area contributed by atoms with Gasteiger partial charge in [0.15, 0.2) is 0 Å². The quantitative estimate of drug-likeness (QED) is 0.637. The van der Waals surface area contributed by atoms with Gasteiger partial charge in [0.1, 0.15) is 6.42 Å². The minimum Gasteiger partial charge on any atom is -0.379 e. The van der Waals surface area contributed by atoms with E-state index >= 15 is 0 Å². The molecule has 7 nitrogen and oxygen atoms in total. The average molecular weight is 312 g/mol. The van der Waals surface area contributed by atoms with E-state index in [0.717, 1.165) is 65.6 Å². The first-order valence-corrected chi connectivity index (χ1v) is 8.26. The van der Waals surface area contributed by atoms with Crippen molar-refractivity contribution in [1.29, 1.82) is 0 Å². The van der Waals surface area contributed by atoms with Crippen LogP contribution in [0.15, 0.2) is 0 Å². The Morgan fingerprint density at radius 2 is 1.68 bits per heavy atom. The molecule has 22 heavy (non-hydrogen) atoms. The van der Waals surface area contributed by atoms with Gasteiger partial charge in [-0.05, 0) is 6.54 Å². The molecule has 2 aliphatic rings. The fourth-order valence-corrected chi connectivity index (χ4v) is 2.80. The van der Waals surface area contributed by atoms with Gasteiger partial charge >= 0.3 is 0 Å². The number of hydrogen-bond acceptors (Lipinski definition) is 5. The van der Waals surface area contributed by atoms with Crippen LogP contribution in [0.2, 0.25) is 0 Å². The fraction of sp³-hybridized carbons (Fsp3) is 0.867. The lowest BCUT2D eigenvalue weighted by atomic mass is 10.2. The molecule has 2 heterocycles. The van der Waals surface area contributed by atoms with Crippen LogP contribution >= 0.6 is 0 Å². The van der Waals surface area contributed by atoms with Crippen molar-refractivity contribution in [3.8, 4) is 0 Å². The van der Waals surface area contributed by atoms with E-state index in [1.807, 2.05) is 0 Å². The van der Waals surface area contributed by atoms with E-state index in [1.54, 1.807) is 4.90 Å². The minimum atomic E-state index is -0.170. The third-order valence-electron chi connectivity index (χ3n) is 4.34. The van der Waals surface area contributed by atoms with Crippen LogP contribution in [0, 0.1) is 0 Å². The second kappa shape index (κ2) is 9.07. The van der Waals surface area contributed by atoms with Gasteiger partial charge in [0, 0.05) is 52.4 Å². The van der Waals surface area contributed by atoms with Gasteiger partial charge in [-0.25, -0.2) is 0 Å². The van der Waals surface area contributed by atoms with Crippen molar-refractivity contribution < 1.29 is 14.3 Å². The average Bonchev–Trinajstić information content (AvgIpc) is 2.56. The molecule has 0 atom stereocenters. The first kappa shape index (κ1) is 17.2. The van der Waals surface area contributed by atoms with Crippen LogP contribution in [0.5, 0.6) is 0 Å². The number of ether oxygens (including phenoxy) is 1. The zero-order valence-electron chi connectivity index (χ0n) is 13.6. The number of likely N-dealkylation sites (N-methyl/N-ethyl adjacent to an activating group) is 1. The number of carbonyl (C=O) groups excluding carboxylic acids is 2. The molecular weight excluding hydrogens is 284 g/mol. The number of nitrogens with zero attached hydrogens (tertiary/aromatic N) is 3. The molecule has 0 spiro atoms. The molecule has 2 rings (SSSR count). The van der Waals surface area contributed by atoms with Crippen molar-refractivity contribution in [2.24, 2.45) is 0 Å². The molecule has 2 amide bonds. The summed E-state index contributed by atoms with van der Waals surface area (Å²) in [6.07, 6.45) is -0.0325. The molecule has 0 saturated carbocycles. The largest absolute Gasteiger partial charge is 0.379 e. The van der Waals surface area contributed by atoms with Gasteiger partial charge in [-0.2, -0.15) is 0 Å². The first-order valence-electron chi connectivity index (χ1n) is 8.26. The molecule has 1 N–H and O–H groups in total. The maximum atomic E-state index is 12.1. The second-order valence-electron chi connectivity index (χ2n) is 5.80. The molecule has 0 aromatic rings. The van der Waals surface area contributed by atoms with Crippen LogP contribution in [0.4, 0.5) is 0 Å². The SMILES string of the molecule is CCN1CCN(C(=O)CC(=O)NCCN2CCOCC2)CC1. The molecule has 7 heteroatoms. The highest BCUT2D eigenvalue weighted by atomic mass is 16.5. The third-order valence-corrected chi connectivity index (χ3v) is 4.34. The molecule has 0 radical (unpaired) electrons. The normalized spacial score (nSPS) is 20.9. The number of rotatable bonds is 6. The lowest BCUT2D eigenvalue weighted by Crippen LogP contribution is -2.49. The fourth-order valence-electron chi connectivity index (χ4n) is 2.80. The monoisotopic (exact) mass is 312 g/mol. The van der Waals surface area contributed by atoms with Crippen LogP contribution < -0.4 is 5.32 Å². The number of amides is 2. The number of morpholine rings is 1. The maximum Gasteiger partial charge on any atom is 0.232 e. The minimum absolute atomic E-state index is 0.0325. The summed E-state index contributed by atoms with van der Waals surface area (Å²) >= 11 is 0. The summed E-state index contributed by atoms with van der Waals surface area (Å²) in [6.45, 7) is 11.2. The van der Waals surface area contributed by atoms with Gasteiger partial charge < -0.3 is 19.9 Å². The van der Waals surface area contributed by atoms with Crippen molar-refractivity contribution in [2.45, 2.75) is 13.3 Å². The summed E-state index contributed by atoms with van der Waals surface area (Å²) in [5, 5.41) is 2.84. The predicted molar refractivity (Wildman–Crippen MR) is 83.6 cm³/mol. The molecular formula is C15H28N4O3. The van der Waals surface area contributed by atoms with Crippen molar-refractivity contribution >= 4 is 11.8 Å². The zero-order chi connectivity index (χ0) is 15.8. The second-order valence-corrected chi connectivity index (χ2v) is 5.80. The zero-order valence-corrected chi connectivity index (χ0v) is 13.6.